The van der Waals surface area contributed by atoms with Crippen LogP contribution in [0.3, 0.4) is 0 Å². The molecule has 0 aromatic heterocycles. The van der Waals surface area contributed by atoms with Gasteiger partial charge in [0.1, 0.15) is 11.6 Å². The van der Waals surface area contributed by atoms with Crippen molar-refractivity contribution in [1.29, 1.82) is 0 Å². The summed E-state index contributed by atoms with van der Waals surface area (Å²) >= 11 is 0. The molecule has 2 aromatic rings. The van der Waals surface area contributed by atoms with Crippen LogP contribution in [0.25, 0.3) is 0 Å². The zero-order valence-corrected chi connectivity index (χ0v) is 17.1. The van der Waals surface area contributed by atoms with Gasteiger partial charge in [0.25, 0.3) is 0 Å². The molecule has 0 aliphatic carbocycles. The molecule has 0 fully saturated rings. The number of nitrogens with one attached hydrogen (secondary N) is 2. The summed E-state index contributed by atoms with van der Waals surface area (Å²) in [6, 6.07) is 8.79. The Kier molecular flexibility index (Phi) is 9.11. The summed E-state index contributed by atoms with van der Waals surface area (Å²) in [5, 5.41) is 6.16. The second-order valence-electron chi connectivity index (χ2n) is 5.18. The maximum atomic E-state index is 13.6. The van der Waals surface area contributed by atoms with Gasteiger partial charge in [-0.05, 0) is 42.3 Å². The lowest BCUT2D eigenvalue weighted by atomic mass is 10.1. The molecule has 0 bridgehead atoms. The van der Waals surface area contributed by atoms with E-state index in [0.717, 1.165) is 17.8 Å². The molecule has 5 nitrogen and oxygen atoms in total. The van der Waals surface area contributed by atoms with Gasteiger partial charge in [-0.25, -0.2) is 8.78 Å². The van der Waals surface area contributed by atoms with E-state index in [4.69, 9.17) is 9.47 Å². The van der Waals surface area contributed by atoms with Crippen molar-refractivity contribution in [3.63, 3.8) is 0 Å². The third kappa shape index (κ3) is 6.01. The van der Waals surface area contributed by atoms with Crippen molar-refractivity contribution >= 4 is 35.6 Å². The summed E-state index contributed by atoms with van der Waals surface area (Å²) in [5.74, 6) is 0.835. The highest BCUT2D eigenvalue weighted by molar-refractivity contribution is 14.0. The molecule has 2 aromatic carbocycles. The minimum absolute atomic E-state index is 0. The molecule has 2 rings (SSSR count). The summed E-state index contributed by atoms with van der Waals surface area (Å²) in [6.07, 6.45) is 0.330. The molecule has 0 saturated carbocycles. The molecule has 26 heavy (non-hydrogen) atoms. The van der Waals surface area contributed by atoms with Gasteiger partial charge in [0.2, 0.25) is 0 Å². The number of halogens is 3. The van der Waals surface area contributed by atoms with Crippen LogP contribution in [0.4, 0.5) is 14.5 Å². The van der Waals surface area contributed by atoms with Gasteiger partial charge >= 0.3 is 0 Å². The summed E-state index contributed by atoms with van der Waals surface area (Å²) in [7, 11) is 4.75. The lowest BCUT2D eigenvalue weighted by molar-refractivity contribution is 0.355. The number of nitrogens with zero attached hydrogens (tertiary/aromatic N) is 1. The quantitative estimate of drug-likeness (QED) is 0.378. The van der Waals surface area contributed by atoms with Crippen molar-refractivity contribution in [2.45, 2.75) is 6.42 Å². The Bertz CT molecular complexity index is 757. The molecule has 0 aliphatic rings. The molecule has 0 aliphatic heterocycles. The lowest BCUT2D eigenvalue weighted by Crippen LogP contribution is -2.32. The molecular weight excluding hydrogens is 455 g/mol. The first-order valence-electron chi connectivity index (χ1n) is 7.71. The largest absolute Gasteiger partial charge is 0.493 e. The van der Waals surface area contributed by atoms with Crippen LogP contribution < -0.4 is 20.1 Å². The fourth-order valence-electron chi connectivity index (χ4n) is 2.28. The second-order valence-corrected chi connectivity index (χ2v) is 5.18. The smallest absolute Gasteiger partial charge is 0.195 e. The normalized spacial score (nSPS) is 10.7. The molecule has 0 radical (unpaired) electrons. The van der Waals surface area contributed by atoms with Crippen LogP contribution in [0.15, 0.2) is 41.4 Å². The second kappa shape index (κ2) is 10.8. The molecule has 8 heteroatoms. The number of benzene rings is 2. The van der Waals surface area contributed by atoms with Gasteiger partial charge < -0.3 is 20.1 Å². The highest BCUT2D eigenvalue weighted by Crippen LogP contribution is 2.29. The van der Waals surface area contributed by atoms with Gasteiger partial charge in [0.05, 0.1) is 14.2 Å². The monoisotopic (exact) mass is 477 g/mol. The zero-order valence-electron chi connectivity index (χ0n) is 14.8. The zero-order chi connectivity index (χ0) is 18.2. The Hall–Kier alpha value is -2.10. The number of guanidine groups is 1. The van der Waals surface area contributed by atoms with Gasteiger partial charge in [-0.15, -0.1) is 24.0 Å². The predicted octanol–water partition coefficient (Wildman–Crippen LogP) is 3.83. The Morgan fingerprint density at radius 3 is 2.42 bits per heavy atom. The molecule has 0 saturated heterocycles. The maximum Gasteiger partial charge on any atom is 0.195 e. The predicted molar refractivity (Wildman–Crippen MR) is 110 cm³/mol. The number of aliphatic imine (C=N–C) groups is 1. The van der Waals surface area contributed by atoms with Crippen molar-refractivity contribution in [2.24, 2.45) is 4.99 Å². The van der Waals surface area contributed by atoms with E-state index in [1.807, 2.05) is 6.07 Å². The molecule has 0 atom stereocenters. The van der Waals surface area contributed by atoms with Gasteiger partial charge in [-0.3, -0.25) is 4.99 Å². The first-order chi connectivity index (χ1) is 12.1. The van der Waals surface area contributed by atoms with E-state index in [1.165, 1.54) is 6.07 Å². The van der Waals surface area contributed by atoms with Crippen LogP contribution in [0.5, 0.6) is 11.5 Å². The summed E-state index contributed by atoms with van der Waals surface area (Å²) in [6.45, 7) is 0.396. The minimum atomic E-state index is -0.454. The Balaban J connectivity index is 0.00000338. The molecule has 0 heterocycles. The number of ether oxygens (including phenoxy) is 2. The van der Waals surface area contributed by atoms with Gasteiger partial charge in [-0.2, -0.15) is 0 Å². The van der Waals surface area contributed by atoms with Crippen molar-refractivity contribution in [3.8, 4) is 11.5 Å². The fourth-order valence-corrected chi connectivity index (χ4v) is 2.28. The first kappa shape index (κ1) is 21.9. The van der Waals surface area contributed by atoms with E-state index in [2.05, 4.69) is 15.6 Å². The van der Waals surface area contributed by atoms with E-state index < -0.39 is 11.6 Å². The van der Waals surface area contributed by atoms with E-state index in [9.17, 15) is 8.78 Å². The molecule has 0 spiro atoms. The molecule has 0 unspecified atom stereocenters. The number of hydrogen-bond donors (Lipinski definition) is 2. The van der Waals surface area contributed by atoms with Gasteiger partial charge in [0.15, 0.2) is 17.5 Å². The van der Waals surface area contributed by atoms with Crippen LogP contribution in [0, 0.1) is 11.6 Å². The number of anilines is 1. The standard InChI is InChI=1S/C18H21F2N3O2.HI/c1-21-18(22-9-8-12-10-13(19)4-6-15(12)20)23-14-5-7-16(24-2)17(11-14)25-3;/h4-7,10-11H,8-9H2,1-3H3,(H2,21,22,23);1H. The van der Waals surface area contributed by atoms with Crippen LogP contribution >= 0.6 is 24.0 Å². The fraction of sp³-hybridized carbons (Fsp3) is 0.278. The molecule has 2 N–H and O–H groups in total. The van der Waals surface area contributed by atoms with Crippen molar-refractivity contribution in [1.82, 2.24) is 5.32 Å². The topological polar surface area (TPSA) is 54.9 Å². The summed E-state index contributed by atoms with van der Waals surface area (Å²) in [4.78, 5) is 4.11. The Labute approximate surface area is 168 Å². The Morgan fingerprint density at radius 2 is 1.77 bits per heavy atom. The van der Waals surface area contributed by atoms with Crippen LogP contribution in [-0.2, 0) is 6.42 Å². The van der Waals surface area contributed by atoms with E-state index >= 15 is 0 Å². The van der Waals surface area contributed by atoms with Crippen molar-refractivity contribution < 1.29 is 18.3 Å². The number of methoxy groups -OCH3 is 2. The molecule has 0 amide bonds. The summed E-state index contributed by atoms with van der Waals surface area (Å²) in [5.41, 5.74) is 1.07. The van der Waals surface area contributed by atoms with Crippen LogP contribution in [0.1, 0.15) is 5.56 Å². The third-order valence-electron chi connectivity index (χ3n) is 3.56. The SMILES string of the molecule is CN=C(NCCc1cc(F)ccc1F)Nc1ccc(OC)c(OC)c1.I. The lowest BCUT2D eigenvalue weighted by Gasteiger charge is -2.14. The Morgan fingerprint density at radius 1 is 1.04 bits per heavy atom. The summed E-state index contributed by atoms with van der Waals surface area (Å²) < 4.78 is 37.2. The first-order valence-corrected chi connectivity index (χ1v) is 7.71. The van der Waals surface area contributed by atoms with E-state index in [-0.39, 0.29) is 24.0 Å². The van der Waals surface area contributed by atoms with Gasteiger partial charge in [0, 0.05) is 25.3 Å². The average molecular weight is 477 g/mol. The maximum absolute atomic E-state index is 13.6. The highest BCUT2D eigenvalue weighted by Gasteiger charge is 2.07. The van der Waals surface area contributed by atoms with Crippen molar-refractivity contribution in [3.05, 3.63) is 53.6 Å². The van der Waals surface area contributed by atoms with E-state index in [0.29, 0.717) is 36.0 Å². The van der Waals surface area contributed by atoms with Crippen LogP contribution in [-0.4, -0.2) is 33.8 Å². The minimum Gasteiger partial charge on any atom is -0.493 e. The molecular formula is C18H22F2IN3O2. The number of hydrogen-bond acceptors (Lipinski definition) is 3. The number of rotatable bonds is 6. The van der Waals surface area contributed by atoms with Gasteiger partial charge in [-0.1, -0.05) is 0 Å². The molecule has 142 valence electrons. The highest BCUT2D eigenvalue weighted by atomic mass is 127. The average Bonchev–Trinajstić information content (AvgIpc) is 2.63. The van der Waals surface area contributed by atoms with Crippen LogP contribution in [0.2, 0.25) is 0 Å². The van der Waals surface area contributed by atoms with Crippen molar-refractivity contribution in [2.75, 3.05) is 33.1 Å². The third-order valence-corrected chi connectivity index (χ3v) is 3.56. The van der Waals surface area contributed by atoms with E-state index in [1.54, 1.807) is 33.4 Å².